The van der Waals surface area contributed by atoms with Crippen molar-refractivity contribution in [3.05, 3.63) is 11.6 Å². The van der Waals surface area contributed by atoms with Gasteiger partial charge in [-0.3, -0.25) is 4.79 Å². The van der Waals surface area contributed by atoms with Gasteiger partial charge in [-0.15, -0.1) is 0 Å². The molecule has 1 saturated heterocycles. The number of amides is 1. The maximum atomic E-state index is 12.2. The van der Waals surface area contributed by atoms with Crippen LogP contribution in [0, 0.1) is 5.92 Å². The smallest absolute Gasteiger partial charge is 0.229 e. The number of carbonyl (C=O) groups excluding carboxylic acids is 1. The molecule has 2 aliphatic rings. The van der Waals surface area contributed by atoms with E-state index in [0.717, 1.165) is 13.0 Å². The fourth-order valence-electron chi connectivity index (χ4n) is 2.29. The summed E-state index contributed by atoms with van der Waals surface area (Å²) in [4.78, 5) is 14.0. The molecule has 0 aromatic carbocycles. The number of hydrogen-bond acceptors (Lipinski definition) is 4. The van der Waals surface area contributed by atoms with Gasteiger partial charge in [0, 0.05) is 26.2 Å². The second kappa shape index (κ2) is 5.62. The van der Waals surface area contributed by atoms with E-state index in [1.807, 2.05) is 4.90 Å². The maximum Gasteiger partial charge on any atom is 0.229 e. The zero-order valence-corrected chi connectivity index (χ0v) is 10.2. The second-order valence-corrected chi connectivity index (χ2v) is 4.64. The molecule has 17 heavy (non-hydrogen) atoms. The summed E-state index contributed by atoms with van der Waals surface area (Å²) >= 11 is 0. The van der Waals surface area contributed by atoms with Crippen LogP contribution in [-0.4, -0.2) is 56.9 Å². The van der Waals surface area contributed by atoms with E-state index in [2.05, 4.69) is 6.08 Å². The zero-order chi connectivity index (χ0) is 12.3. The Morgan fingerprint density at radius 3 is 3.00 bits per heavy atom. The Hall–Kier alpha value is -0.910. The fourth-order valence-corrected chi connectivity index (χ4v) is 2.29. The molecule has 0 radical (unpaired) electrons. The minimum Gasteiger partial charge on any atom is -0.380 e. The molecule has 5 heteroatoms. The largest absolute Gasteiger partial charge is 0.380 e. The first kappa shape index (κ1) is 12.5. The van der Waals surface area contributed by atoms with Crippen LogP contribution in [0.15, 0.2) is 11.6 Å². The predicted molar refractivity (Wildman–Crippen MR) is 63.4 cm³/mol. The molecule has 5 nitrogen and oxygen atoms in total. The third-order valence-corrected chi connectivity index (χ3v) is 3.39. The molecule has 0 aromatic rings. The van der Waals surface area contributed by atoms with Crippen LogP contribution >= 0.6 is 0 Å². The summed E-state index contributed by atoms with van der Waals surface area (Å²) in [6, 6.07) is -0.146. The van der Waals surface area contributed by atoms with E-state index in [1.165, 1.54) is 5.57 Å². The molecule has 0 aliphatic carbocycles. The Morgan fingerprint density at radius 1 is 1.65 bits per heavy atom. The molecule has 1 amide bonds. The molecule has 1 fully saturated rings. The Labute approximate surface area is 102 Å². The van der Waals surface area contributed by atoms with Gasteiger partial charge in [-0.1, -0.05) is 6.08 Å². The average molecular weight is 240 g/mol. The first-order valence-corrected chi connectivity index (χ1v) is 6.01. The molecule has 2 unspecified atom stereocenters. The first-order chi connectivity index (χ1) is 8.22. The van der Waals surface area contributed by atoms with Crippen molar-refractivity contribution in [3.63, 3.8) is 0 Å². The fraction of sp³-hybridized carbons (Fsp3) is 0.750. The van der Waals surface area contributed by atoms with E-state index < -0.39 is 0 Å². The van der Waals surface area contributed by atoms with E-state index in [0.29, 0.717) is 26.4 Å². The molecule has 2 rings (SSSR count). The Kier molecular flexibility index (Phi) is 4.15. The average Bonchev–Trinajstić information content (AvgIpc) is 2.76. The van der Waals surface area contributed by atoms with Crippen molar-refractivity contribution in [1.29, 1.82) is 0 Å². The molecule has 2 aliphatic heterocycles. The summed E-state index contributed by atoms with van der Waals surface area (Å²) < 4.78 is 10.3. The van der Waals surface area contributed by atoms with Gasteiger partial charge in [0.1, 0.15) is 0 Å². The molecular weight excluding hydrogens is 220 g/mol. The summed E-state index contributed by atoms with van der Waals surface area (Å²) in [7, 11) is 1.69. The second-order valence-electron chi connectivity index (χ2n) is 4.64. The molecule has 96 valence electrons. The third-order valence-electron chi connectivity index (χ3n) is 3.39. The molecule has 0 saturated carbocycles. The number of nitrogens with zero attached hydrogens (tertiary/aromatic N) is 1. The molecule has 2 heterocycles. The molecule has 2 N–H and O–H groups in total. The predicted octanol–water partition coefficient (Wildman–Crippen LogP) is -0.235. The van der Waals surface area contributed by atoms with Crippen molar-refractivity contribution in [2.24, 2.45) is 11.7 Å². The lowest BCUT2D eigenvalue weighted by Crippen LogP contribution is -2.45. The maximum absolute atomic E-state index is 12.2. The number of hydrogen-bond donors (Lipinski definition) is 1. The molecule has 0 bridgehead atoms. The molecular formula is C12H20N2O3. The van der Waals surface area contributed by atoms with Crippen molar-refractivity contribution < 1.29 is 14.3 Å². The Balaban J connectivity index is 1.90. The lowest BCUT2D eigenvalue weighted by Gasteiger charge is -2.29. The van der Waals surface area contributed by atoms with Crippen LogP contribution in [0.4, 0.5) is 0 Å². The monoisotopic (exact) mass is 240 g/mol. The van der Waals surface area contributed by atoms with Crippen LogP contribution in [0.25, 0.3) is 0 Å². The highest BCUT2D eigenvalue weighted by atomic mass is 16.5. The first-order valence-electron chi connectivity index (χ1n) is 6.01. The van der Waals surface area contributed by atoms with Crippen LogP contribution < -0.4 is 5.73 Å². The van der Waals surface area contributed by atoms with Gasteiger partial charge in [0.25, 0.3) is 0 Å². The number of methoxy groups -OCH3 is 1. The lowest BCUT2D eigenvalue weighted by atomic mass is 10.0. The van der Waals surface area contributed by atoms with E-state index in [9.17, 15) is 4.79 Å². The summed E-state index contributed by atoms with van der Waals surface area (Å²) in [6.45, 7) is 3.05. The van der Waals surface area contributed by atoms with Gasteiger partial charge in [0.05, 0.1) is 25.7 Å². The van der Waals surface area contributed by atoms with E-state index >= 15 is 0 Å². The SMILES string of the molecule is COCC1=CCN(C(=O)C2COCC2N)CC1. The van der Waals surface area contributed by atoms with E-state index in [-0.39, 0.29) is 17.9 Å². The van der Waals surface area contributed by atoms with Crippen LogP contribution in [0.1, 0.15) is 6.42 Å². The van der Waals surface area contributed by atoms with Gasteiger partial charge >= 0.3 is 0 Å². The minimum absolute atomic E-state index is 0.128. The van der Waals surface area contributed by atoms with E-state index in [1.54, 1.807) is 7.11 Å². The highest BCUT2D eigenvalue weighted by Crippen LogP contribution is 2.18. The zero-order valence-electron chi connectivity index (χ0n) is 10.2. The van der Waals surface area contributed by atoms with Gasteiger partial charge in [-0.25, -0.2) is 0 Å². The van der Waals surface area contributed by atoms with Gasteiger partial charge in [-0.05, 0) is 12.0 Å². The van der Waals surface area contributed by atoms with Crippen LogP contribution in [0.5, 0.6) is 0 Å². The van der Waals surface area contributed by atoms with Crippen molar-refractivity contribution in [2.45, 2.75) is 12.5 Å². The van der Waals surface area contributed by atoms with Crippen molar-refractivity contribution in [2.75, 3.05) is 40.0 Å². The Bertz CT molecular complexity index is 317. The van der Waals surface area contributed by atoms with E-state index in [4.69, 9.17) is 15.2 Å². The summed E-state index contributed by atoms with van der Waals surface area (Å²) in [5, 5.41) is 0. The quantitative estimate of drug-likeness (QED) is 0.692. The topological polar surface area (TPSA) is 64.8 Å². The lowest BCUT2D eigenvalue weighted by molar-refractivity contribution is -0.135. The standard InChI is InChI=1S/C12H20N2O3/c1-16-6-9-2-4-14(5-3-9)12(15)10-7-17-8-11(10)13/h2,10-11H,3-8,13H2,1H3. The van der Waals surface area contributed by atoms with Crippen molar-refractivity contribution in [1.82, 2.24) is 4.90 Å². The molecule has 0 spiro atoms. The van der Waals surface area contributed by atoms with Crippen molar-refractivity contribution >= 4 is 5.91 Å². The number of ether oxygens (including phenoxy) is 2. The van der Waals surface area contributed by atoms with Crippen LogP contribution in [-0.2, 0) is 14.3 Å². The number of nitrogens with two attached hydrogens (primary N) is 1. The number of rotatable bonds is 3. The van der Waals surface area contributed by atoms with Crippen LogP contribution in [0.3, 0.4) is 0 Å². The van der Waals surface area contributed by atoms with Gasteiger partial charge in [-0.2, -0.15) is 0 Å². The van der Waals surface area contributed by atoms with Gasteiger partial charge in [0.2, 0.25) is 5.91 Å². The van der Waals surface area contributed by atoms with Crippen LogP contribution in [0.2, 0.25) is 0 Å². The summed E-state index contributed by atoms with van der Waals surface area (Å²) in [6.07, 6.45) is 2.97. The van der Waals surface area contributed by atoms with Gasteiger partial charge in [0.15, 0.2) is 0 Å². The van der Waals surface area contributed by atoms with Gasteiger partial charge < -0.3 is 20.1 Å². The normalized spacial score (nSPS) is 29.3. The highest BCUT2D eigenvalue weighted by Gasteiger charge is 2.34. The third kappa shape index (κ3) is 2.86. The summed E-state index contributed by atoms with van der Waals surface area (Å²) in [5.74, 6) is -0.0323. The number of carbonyl (C=O) groups is 1. The van der Waals surface area contributed by atoms with Crippen molar-refractivity contribution in [3.8, 4) is 0 Å². The molecule has 2 atom stereocenters. The summed E-state index contributed by atoms with van der Waals surface area (Å²) in [5.41, 5.74) is 7.12. The molecule has 0 aromatic heterocycles. The Morgan fingerprint density at radius 2 is 2.47 bits per heavy atom. The minimum atomic E-state index is -0.160. The highest BCUT2D eigenvalue weighted by molar-refractivity contribution is 5.80.